The zero-order valence-electron chi connectivity index (χ0n) is 22.0. The lowest BCUT2D eigenvalue weighted by Crippen LogP contribution is -2.39. The van der Waals surface area contributed by atoms with Crippen LogP contribution < -0.4 is 0 Å². The Balaban J connectivity index is 2.08. The van der Waals surface area contributed by atoms with Crippen molar-refractivity contribution in [3.63, 3.8) is 0 Å². The molecule has 4 atom stereocenters. The molecule has 0 aromatic heterocycles. The number of carbonyl (C=O) groups is 2. The number of aryl methyl sites for hydroxylation is 1. The van der Waals surface area contributed by atoms with Gasteiger partial charge in [-0.25, -0.2) is 8.42 Å². The van der Waals surface area contributed by atoms with Crippen LogP contribution in [0.25, 0.3) is 0 Å². The van der Waals surface area contributed by atoms with Crippen LogP contribution in [0.2, 0.25) is 10.0 Å². The lowest BCUT2D eigenvalue weighted by molar-refractivity contribution is -0.154. The Labute approximate surface area is 238 Å². The van der Waals surface area contributed by atoms with Gasteiger partial charge in [0, 0.05) is 17.0 Å². The molecule has 7 nitrogen and oxygen atoms in total. The van der Waals surface area contributed by atoms with E-state index in [4.69, 9.17) is 27.9 Å². The summed E-state index contributed by atoms with van der Waals surface area (Å²) in [6.45, 7) is 9.02. The van der Waals surface area contributed by atoms with Gasteiger partial charge in [-0.2, -0.15) is 16.1 Å². The minimum Gasteiger partial charge on any atom is -0.481 e. The number of hydrogen-bond acceptors (Lipinski definition) is 6. The number of hydrogen-bond donors (Lipinski definition) is 1. The Bertz CT molecular complexity index is 1280. The number of thioether (sulfide) groups is 1. The van der Waals surface area contributed by atoms with Crippen LogP contribution >= 0.6 is 35.0 Å². The average molecular weight is 603 g/mol. The van der Waals surface area contributed by atoms with Gasteiger partial charge in [0.15, 0.2) is 0 Å². The minimum absolute atomic E-state index is 0.0728. The summed E-state index contributed by atoms with van der Waals surface area (Å²) in [6, 6.07) is 9.49. The number of aliphatic carboxylic acids is 1. The Hall–Kier alpha value is -1.78. The first-order chi connectivity index (χ1) is 17.7. The molecular formula is C27H33Cl2NO6S2. The molecule has 0 spiro atoms. The van der Waals surface area contributed by atoms with E-state index in [2.05, 4.69) is 0 Å². The van der Waals surface area contributed by atoms with Crippen LogP contribution in [0.5, 0.6) is 0 Å². The maximum atomic E-state index is 14.1. The third-order valence-corrected chi connectivity index (χ3v) is 10.4. The van der Waals surface area contributed by atoms with E-state index < -0.39 is 50.8 Å². The molecule has 0 bridgehead atoms. The quantitative estimate of drug-likeness (QED) is 0.334. The molecule has 1 fully saturated rings. The van der Waals surface area contributed by atoms with Gasteiger partial charge in [0.1, 0.15) is 5.60 Å². The standard InChI is InChI=1S/C27H33Cl2NO6S2/c1-6-21-25(37-14-13-22(31)36-27(3,4)5)23(26(32)33)24(17-9-12-19(28)20(29)15-17)30(21)38(34,35)18-10-7-16(2)8-11-18/h7-12,15,21,23-25H,6,13-14H2,1-5H3,(H,32,33)/t21-,23+,24+,25-/m1/s1. The Morgan fingerprint density at radius 2 is 1.71 bits per heavy atom. The summed E-state index contributed by atoms with van der Waals surface area (Å²) in [5, 5.41) is 10.3. The van der Waals surface area contributed by atoms with E-state index in [1.54, 1.807) is 45.0 Å². The minimum atomic E-state index is -4.11. The molecule has 1 aliphatic heterocycles. The monoisotopic (exact) mass is 601 g/mol. The summed E-state index contributed by atoms with van der Waals surface area (Å²) in [6.07, 6.45) is 0.445. The molecule has 2 aromatic rings. The molecule has 1 saturated heterocycles. The largest absolute Gasteiger partial charge is 0.481 e. The molecular weight excluding hydrogens is 569 g/mol. The van der Waals surface area contributed by atoms with Crippen molar-refractivity contribution in [3.05, 3.63) is 63.6 Å². The number of halogens is 2. The summed E-state index contributed by atoms with van der Waals surface area (Å²) in [4.78, 5) is 25.1. The lowest BCUT2D eigenvalue weighted by atomic mass is 9.93. The van der Waals surface area contributed by atoms with Crippen molar-refractivity contribution in [1.82, 2.24) is 4.31 Å². The zero-order valence-corrected chi connectivity index (χ0v) is 25.1. The van der Waals surface area contributed by atoms with Gasteiger partial charge in [0.25, 0.3) is 0 Å². The zero-order chi connectivity index (χ0) is 28.4. The maximum absolute atomic E-state index is 14.1. The summed E-state index contributed by atoms with van der Waals surface area (Å²) in [7, 11) is -4.11. The summed E-state index contributed by atoms with van der Waals surface area (Å²) in [5.74, 6) is -2.34. The Morgan fingerprint density at radius 1 is 1.08 bits per heavy atom. The first-order valence-electron chi connectivity index (χ1n) is 12.3. The number of carboxylic acid groups (broad SMARTS) is 1. The molecule has 1 N–H and O–H groups in total. The lowest BCUT2D eigenvalue weighted by Gasteiger charge is -2.30. The van der Waals surface area contributed by atoms with Crippen LogP contribution in [0.15, 0.2) is 47.4 Å². The highest BCUT2D eigenvalue weighted by Crippen LogP contribution is 2.50. The van der Waals surface area contributed by atoms with Crippen molar-refractivity contribution in [3.8, 4) is 0 Å². The Morgan fingerprint density at radius 3 is 2.24 bits per heavy atom. The van der Waals surface area contributed by atoms with Crippen molar-refractivity contribution in [2.24, 2.45) is 5.92 Å². The second-order valence-corrected chi connectivity index (χ2v) is 14.2. The molecule has 2 aromatic carbocycles. The maximum Gasteiger partial charge on any atom is 0.309 e. The van der Waals surface area contributed by atoms with Crippen LogP contribution in [0.3, 0.4) is 0 Å². The van der Waals surface area contributed by atoms with Crippen molar-refractivity contribution in [2.45, 2.75) is 75.3 Å². The van der Waals surface area contributed by atoms with Gasteiger partial charge in [-0.3, -0.25) is 9.59 Å². The van der Waals surface area contributed by atoms with E-state index in [0.717, 1.165) is 5.56 Å². The van der Waals surface area contributed by atoms with E-state index in [9.17, 15) is 23.1 Å². The van der Waals surface area contributed by atoms with Crippen molar-refractivity contribution in [2.75, 3.05) is 5.75 Å². The highest BCUT2D eigenvalue weighted by atomic mass is 35.5. The molecule has 0 radical (unpaired) electrons. The van der Waals surface area contributed by atoms with E-state index in [1.165, 1.54) is 34.3 Å². The van der Waals surface area contributed by atoms with Crippen molar-refractivity contribution >= 4 is 56.9 Å². The molecule has 38 heavy (non-hydrogen) atoms. The highest BCUT2D eigenvalue weighted by Gasteiger charge is 2.56. The summed E-state index contributed by atoms with van der Waals surface area (Å²) < 4.78 is 34.9. The van der Waals surface area contributed by atoms with Gasteiger partial charge < -0.3 is 9.84 Å². The predicted molar refractivity (Wildman–Crippen MR) is 151 cm³/mol. The molecule has 3 rings (SSSR count). The molecule has 0 aliphatic carbocycles. The third kappa shape index (κ3) is 6.86. The Kier molecular flexibility index (Phi) is 9.85. The third-order valence-electron chi connectivity index (χ3n) is 6.30. The van der Waals surface area contributed by atoms with Gasteiger partial charge in [0.2, 0.25) is 10.0 Å². The number of carboxylic acids is 1. The van der Waals surface area contributed by atoms with Gasteiger partial charge in [-0.15, -0.1) is 0 Å². The molecule has 11 heteroatoms. The number of ether oxygens (including phenoxy) is 1. The smallest absolute Gasteiger partial charge is 0.309 e. The molecule has 1 aliphatic rings. The van der Waals surface area contributed by atoms with E-state index in [0.29, 0.717) is 12.0 Å². The van der Waals surface area contributed by atoms with E-state index in [1.807, 2.05) is 13.8 Å². The van der Waals surface area contributed by atoms with Crippen LogP contribution in [-0.2, 0) is 24.3 Å². The number of rotatable bonds is 9. The van der Waals surface area contributed by atoms with Gasteiger partial charge in [0.05, 0.1) is 33.3 Å². The molecule has 1 heterocycles. The number of esters is 1. The van der Waals surface area contributed by atoms with Crippen LogP contribution in [-0.4, -0.2) is 52.4 Å². The second kappa shape index (κ2) is 12.2. The van der Waals surface area contributed by atoms with Crippen molar-refractivity contribution in [1.29, 1.82) is 0 Å². The normalized spacial score (nSPS) is 22.4. The van der Waals surface area contributed by atoms with E-state index in [-0.39, 0.29) is 27.1 Å². The molecule has 208 valence electrons. The highest BCUT2D eigenvalue weighted by molar-refractivity contribution is 8.00. The summed E-state index contributed by atoms with van der Waals surface area (Å²) >= 11 is 13.7. The molecule has 0 amide bonds. The second-order valence-electron chi connectivity index (χ2n) is 10.3. The van der Waals surface area contributed by atoms with E-state index >= 15 is 0 Å². The summed E-state index contributed by atoms with van der Waals surface area (Å²) in [5.41, 5.74) is 0.705. The van der Waals surface area contributed by atoms with Crippen LogP contribution in [0, 0.1) is 12.8 Å². The van der Waals surface area contributed by atoms with Crippen LogP contribution in [0.1, 0.15) is 57.7 Å². The fourth-order valence-corrected chi connectivity index (χ4v) is 8.58. The number of nitrogens with zero attached hydrogens (tertiary/aromatic N) is 1. The molecule has 0 unspecified atom stereocenters. The van der Waals surface area contributed by atoms with Gasteiger partial charge >= 0.3 is 11.9 Å². The average Bonchev–Trinajstić information content (AvgIpc) is 3.15. The fraction of sp³-hybridized carbons (Fsp3) is 0.481. The van der Waals surface area contributed by atoms with Gasteiger partial charge in [-0.05, 0) is 63.9 Å². The number of sulfonamides is 1. The molecule has 0 saturated carbocycles. The number of carbonyl (C=O) groups excluding carboxylic acids is 1. The van der Waals surface area contributed by atoms with Crippen LogP contribution in [0.4, 0.5) is 0 Å². The number of benzene rings is 2. The van der Waals surface area contributed by atoms with Gasteiger partial charge in [-0.1, -0.05) is 53.9 Å². The predicted octanol–water partition coefficient (Wildman–Crippen LogP) is 6.36. The first-order valence-corrected chi connectivity index (χ1v) is 15.5. The topological polar surface area (TPSA) is 101 Å². The van der Waals surface area contributed by atoms with Crippen molar-refractivity contribution < 1.29 is 27.9 Å². The fourth-order valence-electron chi connectivity index (χ4n) is 4.71. The SMILES string of the molecule is CC[C@@H]1[C@@H](SCCC(=O)OC(C)(C)C)[C@@H](C(=O)O)[C@H](c2ccc(Cl)c(Cl)c2)N1S(=O)(=O)c1ccc(C)cc1. The first kappa shape index (κ1) is 30.8.